The topological polar surface area (TPSA) is 49.0 Å². The van der Waals surface area contributed by atoms with Gasteiger partial charge in [-0.15, -0.1) is 0 Å². The van der Waals surface area contributed by atoms with E-state index in [4.69, 9.17) is 0 Å². The third kappa shape index (κ3) is 2.50. The molecule has 3 aromatic rings. The third-order valence-electron chi connectivity index (χ3n) is 4.70. The van der Waals surface area contributed by atoms with Gasteiger partial charge in [-0.1, -0.05) is 42.5 Å². The first-order chi connectivity index (χ1) is 11.2. The fraction of sp³-hybridized carbons (Fsp3) is 0.263. The van der Waals surface area contributed by atoms with Crippen LogP contribution in [0.4, 0.5) is 0 Å². The number of hydrogen-bond donors (Lipinski definition) is 1. The van der Waals surface area contributed by atoms with Crippen molar-refractivity contribution in [2.75, 3.05) is 6.54 Å². The Morgan fingerprint density at radius 3 is 2.65 bits per heavy atom. The van der Waals surface area contributed by atoms with E-state index in [9.17, 15) is 4.79 Å². The molecule has 4 nitrogen and oxygen atoms in total. The summed E-state index contributed by atoms with van der Waals surface area (Å²) in [4.78, 5) is 22.5. The van der Waals surface area contributed by atoms with Gasteiger partial charge < -0.3 is 9.88 Å². The van der Waals surface area contributed by atoms with E-state index in [1.807, 2.05) is 47.4 Å². The van der Waals surface area contributed by atoms with Crippen LogP contribution in [0.1, 0.15) is 36.7 Å². The van der Waals surface area contributed by atoms with Crippen LogP contribution in [-0.2, 0) is 4.79 Å². The molecule has 0 radical (unpaired) electrons. The van der Waals surface area contributed by atoms with Crippen LogP contribution in [0.15, 0.2) is 54.6 Å². The average molecular weight is 305 g/mol. The van der Waals surface area contributed by atoms with E-state index in [0.717, 1.165) is 16.9 Å². The quantitative estimate of drug-likeness (QED) is 0.803. The molecule has 0 spiro atoms. The predicted molar refractivity (Wildman–Crippen MR) is 90.0 cm³/mol. The molecule has 1 fully saturated rings. The fourth-order valence-electron chi connectivity index (χ4n) is 3.37. The molecule has 2 heterocycles. The van der Waals surface area contributed by atoms with Crippen molar-refractivity contribution in [3.8, 4) is 0 Å². The van der Waals surface area contributed by atoms with Crippen molar-refractivity contribution in [2.45, 2.75) is 25.3 Å². The number of rotatable bonds is 3. The minimum atomic E-state index is 0.0954. The number of para-hydroxylation sites is 2. The van der Waals surface area contributed by atoms with Gasteiger partial charge >= 0.3 is 0 Å². The summed E-state index contributed by atoms with van der Waals surface area (Å²) in [6.45, 7) is 2.81. The van der Waals surface area contributed by atoms with Crippen molar-refractivity contribution in [2.24, 2.45) is 0 Å². The number of benzene rings is 2. The first-order valence-electron chi connectivity index (χ1n) is 8.01. The number of likely N-dealkylation sites (tertiary alicyclic amines) is 1. The Labute approximate surface area is 135 Å². The van der Waals surface area contributed by atoms with Gasteiger partial charge in [0.05, 0.1) is 17.1 Å². The average Bonchev–Trinajstić information content (AvgIpc) is 3.18. The highest BCUT2D eigenvalue weighted by molar-refractivity contribution is 5.81. The monoisotopic (exact) mass is 305 g/mol. The molecule has 2 unspecified atom stereocenters. The molecule has 2 atom stereocenters. The summed E-state index contributed by atoms with van der Waals surface area (Å²) in [5, 5.41) is 0. The number of fused-ring (bicyclic) bond motifs is 1. The first-order valence-corrected chi connectivity index (χ1v) is 8.01. The minimum Gasteiger partial charge on any atom is -0.342 e. The Morgan fingerprint density at radius 1 is 1.13 bits per heavy atom. The number of carbonyl (C=O) groups is 1. The van der Waals surface area contributed by atoms with Crippen molar-refractivity contribution in [1.82, 2.24) is 14.9 Å². The van der Waals surface area contributed by atoms with Crippen molar-refractivity contribution < 1.29 is 4.79 Å². The van der Waals surface area contributed by atoms with Gasteiger partial charge in [-0.3, -0.25) is 4.79 Å². The fourth-order valence-corrected chi connectivity index (χ4v) is 3.37. The number of amides is 1. The summed E-state index contributed by atoms with van der Waals surface area (Å²) in [7, 11) is 0. The highest BCUT2D eigenvalue weighted by Gasteiger charge is 2.35. The Balaban J connectivity index is 1.58. The molecule has 1 amide bonds. The van der Waals surface area contributed by atoms with E-state index in [-0.39, 0.29) is 17.9 Å². The van der Waals surface area contributed by atoms with E-state index >= 15 is 0 Å². The van der Waals surface area contributed by atoms with Crippen LogP contribution < -0.4 is 0 Å². The highest BCUT2D eigenvalue weighted by atomic mass is 16.2. The van der Waals surface area contributed by atoms with Gasteiger partial charge in [0.2, 0.25) is 5.91 Å². The van der Waals surface area contributed by atoms with Crippen LogP contribution in [0.2, 0.25) is 0 Å². The Morgan fingerprint density at radius 2 is 1.87 bits per heavy atom. The van der Waals surface area contributed by atoms with Crippen LogP contribution in [0.3, 0.4) is 0 Å². The Hall–Kier alpha value is -2.62. The van der Waals surface area contributed by atoms with Gasteiger partial charge in [-0.05, 0) is 24.6 Å². The summed E-state index contributed by atoms with van der Waals surface area (Å²) >= 11 is 0. The van der Waals surface area contributed by atoms with Gasteiger partial charge in [0.15, 0.2) is 0 Å². The lowest BCUT2D eigenvalue weighted by atomic mass is 10.1. The molecule has 1 saturated heterocycles. The second-order valence-electron chi connectivity index (χ2n) is 6.17. The number of nitrogens with one attached hydrogen (secondary N) is 1. The van der Waals surface area contributed by atoms with E-state index in [0.29, 0.717) is 13.0 Å². The molecule has 1 N–H and O–H groups in total. The molecule has 4 heteroatoms. The molecule has 116 valence electrons. The van der Waals surface area contributed by atoms with Gasteiger partial charge in [-0.2, -0.15) is 0 Å². The summed E-state index contributed by atoms with van der Waals surface area (Å²) < 4.78 is 0. The third-order valence-corrected chi connectivity index (χ3v) is 4.70. The standard InChI is InChI=1S/C19H19N3O/c1-13(14-7-3-2-4-8-14)22-12-15(11-18(22)23)19-20-16-9-5-6-10-17(16)21-19/h2-10,13,15H,11-12H2,1H3,(H,20,21). The summed E-state index contributed by atoms with van der Waals surface area (Å²) in [5.41, 5.74) is 3.17. The Kier molecular flexibility index (Phi) is 3.37. The second kappa shape index (κ2) is 5.54. The molecule has 2 aromatic carbocycles. The molecule has 0 aliphatic carbocycles. The van der Waals surface area contributed by atoms with Crippen LogP contribution in [0, 0.1) is 0 Å². The maximum absolute atomic E-state index is 12.5. The van der Waals surface area contributed by atoms with Crippen LogP contribution >= 0.6 is 0 Å². The normalized spacial score (nSPS) is 19.4. The molecule has 23 heavy (non-hydrogen) atoms. The first kappa shape index (κ1) is 14.0. The zero-order chi connectivity index (χ0) is 15.8. The molecule has 4 rings (SSSR count). The lowest BCUT2D eigenvalue weighted by Gasteiger charge is -2.25. The zero-order valence-corrected chi connectivity index (χ0v) is 13.1. The SMILES string of the molecule is CC(c1ccccc1)N1CC(c2nc3ccccc3[nH]2)CC1=O. The Bertz CT molecular complexity index is 807. The summed E-state index contributed by atoms with van der Waals surface area (Å²) in [6.07, 6.45) is 0.525. The molecule has 1 aliphatic heterocycles. The molecular formula is C19H19N3O. The predicted octanol–water partition coefficient (Wildman–Crippen LogP) is 3.64. The lowest BCUT2D eigenvalue weighted by Crippen LogP contribution is -2.28. The lowest BCUT2D eigenvalue weighted by molar-refractivity contribution is -0.129. The number of H-pyrrole nitrogens is 1. The van der Waals surface area contributed by atoms with Gasteiger partial charge in [0.25, 0.3) is 0 Å². The molecule has 1 aliphatic rings. The second-order valence-corrected chi connectivity index (χ2v) is 6.17. The van der Waals surface area contributed by atoms with E-state index in [1.54, 1.807) is 0 Å². The number of aromatic nitrogens is 2. The molecule has 0 saturated carbocycles. The van der Waals surface area contributed by atoms with Crippen LogP contribution in [-0.4, -0.2) is 27.3 Å². The zero-order valence-electron chi connectivity index (χ0n) is 13.1. The largest absolute Gasteiger partial charge is 0.342 e. The van der Waals surface area contributed by atoms with Crippen LogP contribution in [0.25, 0.3) is 11.0 Å². The van der Waals surface area contributed by atoms with E-state index < -0.39 is 0 Å². The molecule has 0 bridgehead atoms. The van der Waals surface area contributed by atoms with Crippen molar-refractivity contribution in [3.63, 3.8) is 0 Å². The van der Waals surface area contributed by atoms with Crippen LogP contribution in [0.5, 0.6) is 0 Å². The van der Waals surface area contributed by atoms with Gasteiger partial charge in [0, 0.05) is 18.9 Å². The molecular weight excluding hydrogens is 286 g/mol. The maximum Gasteiger partial charge on any atom is 0.223 e. The number of imidazole rings is 1. The summed E-state index contributed by atoms with van der Waals surface area (Å²) in [6, 6.07) is 18.3. The van der Waals surface area contributed by atoms with Gasteiger partial charge in [-0.25, -0.2) is 4.98 Å². The number of aromatic amines is 1. The van der Waals surface area contributed by atoms with E-state index in [1.165, 1.54) is 5.56 Å². The number of carbonyl (C=O) groups excluding carboxylic acids is 1. The smallest absolute Gasteiger partial charge is 0.223 e. The van der Waals surface area contributed by atoms with Gasteiger partial charge in [0.1, 0.15) is 5.82 Å². The number of hydrogen-bond acceptors (Lipinski definition) is 2. The van der Waals surface area contributed by atoms with E-state index in [2.05, 4.69) is 29.0 Å². The summed E-state index contributed by atoms with van der Waals surface area (Å²) in [5.74, 6) is 1.26. The minimum absolute atomic E-state index is 0.0954. The van der Waals surface area contributed by atoms with Crippen molar-refractivity contribution in [1.29, 1.82) is 0 Å². The highest BCUT2D eigenvalue weighted by Crippen LogP contribution is 2.33. The van der Waals surface area contributed by atoms with Crippen molar-refractivity contribution in [3.05, 3.63) is 66.0 Å². The van der Waals surface area contributed by atoms with Crippen molar-refractivity contribution >= 4 is 16.9 Å². The molecule has 1 aromatic heterocycles. The number of nitrogens with zero attached hydrogens (tertiary/aromatic N) is 2. The maximum atomic E-state index is 12.5.